The lowest BCUT2D eigenvalue weighted by Gasteiger charge is -2.32. The summed E-state index contributed by atoms with van der Waals surface area (Å²) in [6.45, 7) is 11.0. The molecule has 1 aromatic carbocycles. The van der Waals surface area contributed by atoms with Crippen LogP contribution in [0.3, 0.4) is 0 Å². The Kier molecular flexibility index (Phi) is 8.01. The summed E-state index contributed by atoms with van der Waals surface area (Å²) in [5, 5.41) is 10.0. The molecule has 1 unspecified atom stereocenters. The van der Waals surface area contributed by atoms with E-state index in [-0.39, 0.29) is 24.1 Å². The van der Waals surface area contributed by atoms with E-state index in [0.717, 1.165) is 24.2 Å². The van der Waals surface area contributed by atoms with E-state index in [0.29, 0.717) is 31.4 Å². The Morgan fingerprint density at radius 3 is 2.53 bits per heavy atom. The van der Waals surface area contributed by atoms with Gasteiger partial charge in [0.25, 0.3) is 0 Å². The number of ether oxygens (including phenoxy) is 2. The lowest BCUT2D eigenvalue weighted by Crippen LogP contribution is -2.41. The molecule has 0 aliphatic carbocycles. The molecule has 2 N–H and O–H groups in total. The van der Waals surface area contributed by atoms with Crippen LogP contribution in [0.25, 0.3) is 0 Å². The summed E-state index contributed by atoms with van der Waals surface area (Å²) in [5.74, 6) is 1.95. The molecule has 0 bridgehead atoms. The lowest BCUT2D eigenvalue weighted by atomic mass is 9.96. The van der Waals surface area contributed by atoms with Crippen molar-refractivity contribution in [2.24, 2.45) is 7.05 Å². The van der Waals surface area contributed by atoms with E-state index in [2.05, 4.69) is 20.7 Å². The van der Waals surface area contributed by atoms with Crippen LogP contribution >= 0.6 is 0 Å². The largest absolute Gasteiger partial charge is 0.489 e. The van der Waals surface area contributed by atoms with Gasteiger partial charge >= 0.3 is 12.1 Å². The number of nitrogens with zero attached hydrogens (tertiary/aromatic N) is 4. The Bertz CT molecular complexity index is 992. The normalized spacial score (nSPS) is 15.5. The number of likely N-dealkylation sites (tertiary alicyclic amines) is 1. The summed E-state index contributed by atoms with van der Waals surface area (Å²) < 4.78 is 12.9. The zero-order valence-electron chi connectivity index (χ0n) is 20.9. The van der Waals surface area contributed by atoms with Crippen LogP contribution in [0.2, 0.25) is 0 Å². The monoisotopic (exact) mass is 472 g/mol. The summed E-state index contributed by atoms with van der Waals surface area (Å²) in [7, 11) is 1.74. The highest BCUT2D eigenvalue weighted by molar-refractivity contribution is 5.87. The van der Waals surface area contributed by atoms with Crippen LogP contribution in [0.1, 0.15) is 57.8 Å². The molecule has 10 nitrogen and oxygen atoms in total. The molecule has 0 radical (unpaired) electrons. The Balaban J connectivity index is 1.47. The zero-order chi connectivity index (χ0) is 24.9. The molecule has 1 aliphatic heterocycles. The Morgan fingerprint density at radius 2 is 1.88 bits per heavy atom. The molecule has 34 heavy (non-hydrogen) atoms. The summed E-state index contributed by atoms with van der Waals surface area (Å²) in [6.07, 6.45) is 0.988. The van der Waals surface area contributed by atoms with Crippen molar-refractivity contribution in [1.82, 2.24) is 25.0 Å². The fourth-order valence-electron chi connectivity index (χ4n) is 3.66. The number of rotatable bonds is 6. The third-order valence-corrected chi connectivity index (χ3v) is 5.49. The van der Waals surface area contributed by atoms with Gasteiger partial charge in [0, 0.05) is 26.1 Å². The maximum atomic E-state index is 12.4. The molecule has 1 atom stereocenters. The van der Waals surface area contributed by atoms with Crippen molar-refractivity contribution in [2.45, 2.75) is 65.1 Å². The minimum absolute atomic E-state index is 0.117. The van der Waals surface area contributed by atoms with E-state index in [1.165, 1.54) is 0 Å². The summed E-state index contributed by atoms with van der Waals surface area (Å²) in [4.78, 5) is 30.9. The van der Waals surface area contributed by atoms with Gasteiger partial charge in [0.2, 0.25) is 5.95 Å². The summed E-state index contributed by atoms with van der Waals surface area (Å²) >= 11 is 0. The predicted octanol–water partition coefficient (Wildman–Crippen LogP) is 3.83. The topological polar surface area (TPSA) is 111 Å². The number of hydrogen-bond donors (Lipinski definition) is 2. The van der Waals surface area contributed by atoms with E-state index in [4.69, 9.17) is 9.47 Å². The van der Waals surface area contributed by atoms with E-state index in [9.17, 15) is 9.59 Å². The van der Waals surface area contributed by atoms with Gasteiger partial charge in [-0.25, -0.2) is 14.3 Å². The Hall–Kier alpha value is -3.30. The first-order valence-corrected chi connectivity index (χ1v) is 11.7. The highest BCUT2D eigenvalue weighted by Crippen LogP contribution is 2.27. The molecule has 0 saturated carbocycles. The molecule has 2 aromatic rings. The Labute approximate surface area is 201 Å². The van der Waals surface area contributed by atoms with Crippen LogP contribution in [0.4, 0.5) is 15.5 Å². The zero-order valence-corrected chi connectivity index (χ0v) is 20.9. The summed E-state index contributed by atoms with van der Waals surface area (Å²) in [5.41, 5.74) is 0.532. The van der Waals surface area contributed by atoms with Crippen molar-refractivity contribution in [3.05, 3.63) is 35.7 Å². The smallest absolute Gasteiger partial charge is 0.410 e. The molecule has 186 valence electrons. The number of carbonyl (C=O) groups excluding carboxylic acids is 2. The number of benzene rings is 1. The van der Waals surface area contributed by atoms with Crippen LogP contribution in [0, 0.1) is 6.92 Å². The third kappa shape index (κ3) is 7.10. The molecule has 1 saturated heterocycles. The summed E-state index contributed by atoms with van der Waals surface area (Å²) in [6, 6.07) is 7.39. The van der Waals surface area contributed by atoms with Crippen molar-refractivity contribution in [2.75, 3.05) is 25.0 Å². The van der Waals surface area contributed by atoms with Crippen LogP contribution in [0.5, 0.6) is 5.75 Å². The number of urea groups is 1. The van der Waals surface area contributed by atoms with E-state index < -0.39 is 5.60 Å². The number of piperidine rings is 1. The lowest BCUT2D eigenvalue weighted by molar-refractivity contribution is 0.0203. The van der Waals surface area contributed by atoms with Crippen molar-refractivity contribution < 1.29 is 19.1 Å². The molecule has 1 aliphatic rings. The SMILES string of the molecule is Cc1ccccc1OC(C)CNC(=O)Nc1nc(C2CCN(C(=O)OC(C)(C)C)CC2)nn1C. The minimum Gasteiger partial charge on any atom is -0.489 e. The number of anilines is 1. The first kappa shape index (κ1) is 25.3. The predicted molar refractivity (Wildman–Crippen MR) is 129 cm³/mol. The van der Waals surface area contributed by atoms with E-state index >= 15 is 0 Å². The average molecular weight is 473 g/mol. The van der Waals surface area contributed by atoms with Crippen molar-refractivity contribution in [3.63, 3.8) is 0 Å². The fraction of sp³-hybridized carbons (Fsp3) is 0.583. The minimum atomic E-state index is -0.512. The second-order valence-corrected chi connectivity index (χ2v) is 9.69. The first-order chi connectivity index (χ1) is 16.0. The second kappa shape index (κ2) is 10.8. The first-order valence-electron chi connectivity index (χ1n) is 11.7. The van der Waals surface area contributed by atoms with Crippen LogP contribution in [-0.2, 0) is 11.8 Å². The van der Waals surface area contributed by atoms with Crippen LogP contribution < -0.4 is 15.4 Å². The van der Waals surface area contributed by atoms with Gasteiger partial charge in [0.1, 0.15) is 17.5 Å². The quantitative estimate of drug-likeness (QED) is 0.661. The van der Waals surface area contributed by atoms with Gasteiger partial charge in [-0.05, 0) is 59.1 Å². The maximum absolute atomic E-state index is 12.4. The maximum Gasteiger partial charge on any atom is 0.410 e. The number of aromatic nitrogens is 3. The van der Waals surface area contributed by atoms with Crippen LogP contribution in [-0.4, -0.2) is 63.1 Å². The molecule has 3 amide bonds. The van der Waals surface area contributed by atoms with Gasteiger partial charge in [-0.3, -0.25) is 5.32 Å². The standard InChI is InChI=1S/C24H36N6O4/c1-16-9-7-8-10-19(16)33-17(2)15-25-22(31)27-21-26-20(28-29(21)6)18-11-13-30(14-12-18)23(32)34-24(3,4)5/h7-10,17-18H,11-15H2,1-6H3,(H2,25,26,27,28,31). The van der Waals surface area contributed by atoms with Crippen molar-refractivity contribution in [1.29, 1.82) is 0 Å². The highest BCUT2D eigenvalue weighted by atomic mass is 16.6. The molecule has 10 heteroatoms. The number of para-hydroxylation sites is 1. The molecule has 1 aromatic heterocycles. The van der Waals surface area contributed by atoms with Crippen molar-refractivity contribution in [3.8, 4) is 5.75 Å². The van der Waals surface area contributed by atoms with Gasteiger partial charge < -0.3 is 19.7 Å². The van der Waals surface area contributed by atoms with Gasteiger partial charge in [-0.2, -0.15) is 10.1 Å². The van der Waals surface area contributed by atoms with E-state index in [1.807, 2.05) is 58.9 Å². The number of nitrogens with one attached hydrogen (secondary N) is 2. The average Bonchev–Trinajstić information content (AvgIpc) is 3.13. The van der Waals surface area contributed by atoms with Crippen LogP contribution in [0.15, 0.2) is 24.3 Å². The second-order valence-electron chi connectivity index (χ2n) is 9.69. The third-order valence-electron chi connectivity index (χ3n) is 5.49. The molecule has 2 heterocycles. The van der Waals surface area contributed by atoms with Gasteiger partial charge in [-0.15, -0.1) is 0 Å². The van der Waals surface area contributed by atoms with Gasteiger partial charge in [0.15, 0.2) is 5.82 Å². The Morgan fingerprint density at radius 1 is 1.21 bits per heavy atom. The highest BCUT2D eigenvalue weighted by Gasteiger charge is 2.29. The molecule has 1 fully saturated rings. The van der Waals surface area contributed by atoms with E-state index in [1.54, 1.807) is 16.6 Å². The van der Waals surface area contributed by atoms with Gasteiger partial charge in [-0.1, -0.05) is 18.2 Å². The number of hydrogen-bond acceptors (Lipinski definition) is 6. The number of amides is 3. The van der Waals surface area contributed by atoms with Gasteiger partial charge in [0.05, 0.1) is 6.54 Å². The molecule has 3 rings (SSSR count). The number of aryl methyl sites for hydroxylation is 2. The molecular weight excluding hydrogens is 436 g/mol. The number of carbonyl (C=O) groups is 2. The molecular formula is C24H36N6O4. The van der Waals surface area contributed by atoms with Crippen molar-refractivity contribution >= 4 is 18.1 Å². The fourth-order valence-corrected chi connectivity index (χ4v) is 3.66. The molecule has 0 spiro atoms.